The molecule has 0 aromatic carbocycles. The van der Waals surface area contributed by atoms with Crippen molar-refractivity contribution in [1.82, 2.24) is 10.2 Å². The normalized spacial score (nSPS) is 31.7. The van der Waals surface area contributed by atoms with Gasteiger partial charge in [-0.15, -0.1) is 0 Å². The molecule has 2 fully saturated rings. The van der Waals surface area contributed by atoms with E-state index in [1.165, 1.54) is 19.3 Å². The lowest BCUT2D eigenvalue weighted by Crippen LogP contribution is -2.54. The predicted octanol–water partition coefficient (Wildman–Crippen LogP) is 1.61. The third-order valence-electron chi connectivity index (χ3n) is 3.69. The van der Waals surface area contributed by atoms with Gasteiger partial charge < -0.3 is 9.73 Å². The Morgan fingerprint density at radius 1 is 1.47 bits per heavy atom. The van der Waals surface area contributed by atoms with Crippen LogP contribution in [0.4, 0.5) is 0 Å². The van der Waals surface area contributed by atoms with Gasteiger partial charge >= 0.3 is 0 Å². The summed E-state index contributed by atoms with van der Waals surface area (Å²) in [4.78, 5) is 2.58. The largest absolute Gasteiger partial charge is 0.468 e. The number of piperazine rings is 1. The quantitative estimate of drug-likeness (QED) is 0.797. The molecule has 1 N–H and O–H groups in total. The number of rotatable bonds is 2. The molecule has 0 bridgehead atoms. The molecule has 15 heavy (non-hydrogen) atoms. The van der Waals surface area contributed by atoms with E-state index < -0.39 is 0 Å². The highest BCUT2D eigenvalue weighted by molar-refractivity contribution is 5.01. The summed E-state index contributed by atoms with van der Waals surface area (Å²) in [6.07, 6.45) is 5.83. The average molecular weight is 206 g/mol. The minimum absolute atomic E-state index is 0.730. The third kappa shape index (κ3) is 1.82. The van der Waals surface area contributed by atoms with Crippen LogP contribution in [0.5, 0.6) is 0 Å². The van der Waals surface area contributed by atoms with E-state index in [0.29, 0.717) is 0 Å². The molecule has 0 amide bonds. The molecule has 2 atom stereocenters. The van der Waals surface area contributed by atoms with Crippen LogP contribution >= 0.6 is 0 Å². The van der Waals surface area contributed by atoms with Gasteiger partial charge in [0.15, 0.2) is 0 Å². The van der Waals surface area contributed by atoms with Gasteiger partial charge in [0, 0.05) is 25.2 Å². The number of hydrogen-bond acceptors (Lipinski definition) is 3. The number of nitrogens with zero attached hydrogens (tertiary/aromatic N) is 1. The highest BCUT2D eigenvalue weighted by Crippen LogP contribution is 2.27. The van der Waals surface area contributed by atoms with Crippen LogP contribution in [0.3, 0.4) is 0 Å². The summed E-state index contributed by atoms with van der Waals surface area (Å²) < 4.78 is 5.42. The van der Waals surface area contributed by atoms with E-state index >= 15 is 0 Å². The van der Waals surface area contributed by atoms with Crippen molar-refractivity contribution >= 4 is 0 Å². The molecule has 1 aromatic rings. The fraction of sp³-hybridized carbons (Fsp3) is 0.667. The number of hydrogen-bond donors (Lipinski definition) is 1. The lowest BCUT2D eigenvalue weighted by Gasteiger charge is -2.37. The molecule has 3 heteroatoms. The maximum absolute atomic E-state index is 5.42. The molecule has 0 unspecified atom stereocenters. The van der Waals surface area contributed by atoms with E-state index in [1.54, 1.807) is 6.26 Å². The third-order valence-corrected chi connectivity index (χ3v) is 3.69. The van der Waals surface area contributed by atoms with Crippen molar-refractivity contribution in [3.05, 3.63) is 24.2 Å². The van der Waals surface area contributed by atoms with Crippen molar-refractivity contribution in [2.45, 2.75) is 37.9 Å². The summed E-state index contributed by atoms with van der Waals surface area (Å²) in [6, 6.07) is 5.52. The lowest BCUT2D eigenvalue weighted by atomic mass is 10.1. The van der Waals surface area contributed by atoms with Crippen LogP contribution in [0, 0.1) is 0 Å². The maximum atomic E-state index is 5.42. The first-order valence-electron chi connectivity index (χ1n) is 5.93. The first-order valence-corrected chi connectivity index (χ1v) is 5.93. The van der Waals surface area contributed by atoms with Gasteiger partial charge in [0.05, 0.1) is 12.8 Å². The molecule has 3 nitrogen and oxygen atoms in total. The van der Waals surface area contributed by atoms with E-state index in [1.807, 2.05) is 6.07 Å². The van der Waals surface area contributed by atoms with Crippen molar-refractivity contribution in [2.75, 3.05) is 13.1 Å². The molecule has 1 aliphatic carbocycles. The van der Waals surface area contributed by atoms with Crippen LogP contribution < -0.4 is 5.32 Å². The second-order valence-corrected chi connectivity index (χ2v) is 4.61. The van der Waals surface area contributed by atoms with Crippen LogP contribution in [-0.2, 0) is 6.54 Å². The van der Waals surface area contributed by atoms with E-state index in [4.69, 9.17) is 4.42 Å². The highest BCUT2D eigenvalue weighted by Gasteiger charge is 2.34. The van der Waals surface area contributed by atoms with Gasteiger partial charge in [0.2, 0.25) is 0 Å². The van der Waals surface area contributed by atoms with Crippen LogP contribution in [0.25, 0.3) is 0 Å². The summed E-state index contributed by atoms with van der Waals surface area (Å²) in [7, 11) is 0. The first kappa shape index (κ1) is 9.43. The Bertz CT molecular complexity index is 309. The molecule has 0 spiro atoms. The number of nitrogens with one attached hydrogen (secondary N) is 1. The molecular weight excluding hydrogens is 188 g/mol. The van der Waals surface area contributed by atoms with Crippen molar-refractivity contribution in [2.24, 2.45) is 0 Å². The second-order valence-electron chi connectivity index (χ2n) is 4.61. The average Bonchev–Trinajstić information content (AvgIpc) is 2.87. The SMILES string of the molecule is c1coc(CN2CCN[C@H]3CCC[C@H]32)c1. The highest BCUT2D eigenvalue weighted by atomic mass is 16.3. The predicted molar refractivity (Wildman–Crippen MR) is 58.5 cm³/mol. The fourth-order valence-corrected chi connectivity index (χ4v) is 2.97. The maximum Gasteiger partial charge on any atom is 0.117 e. The zero-order valence-corrected chi connectivity index (χ0v) is 8.98. The van der Waals surface area contributed by atoms with E-state index in [0.717, 1.165) is 37.5 Å². The minimum atomic E-state index is 0.730. The smallest absolute Gasteiger partial charge is 0.117 e. The molecule has 2 heterocycles. The molecule has 0 radical (unpaired) electrons. The zero-order valence-electron chi connectivity index (χ0n) is 8.98. The Hall–Kier alpha value is -0.800. The molecular formula is C12H18N2O. The van der Waals surface area contributed by atoms with Crippen molar-refractivity contribution in [3.63, 3.8) is 0 Å². The summed E-state index contributed by atoms with van der Waals surface area (Å²) >= 11 is 0. The molecule has 1 aliphatic heterocycles. The summed E-state index contributed by atoms with van der Waals surface area (Å²) in [5, 5.41) is 3.62. The Morgan fingerprint density at radius 2 is 2.47 bits per heavy atom. The topological polar surface area (TPSA) is 28.4 Å². The van der Waals surface area contributed by atoms with Gasteiger partial charge in [-0.05, 0) is 25.0 Å². The Kier molecular flexibility index (Phi) is 2.51. The first-order chi connectivity index (χ1) is 7.43. The van der Waals surface area contributed by atoms with E-state index in [-0.39, 0.29) is 0 Å². The summed E-state index contributed by atoms with van der Waals surface area (Å²) in [6.45, 7) is 3.26. The van der Waals surface area contributed by atoms with Crippen LogP contribution in [0.1, 0.15) is 25.0 Å². The van der Waals surface area contributed by atoms with E-state index in [2.05, 4.69) is 16.3 Å². The fourth-order valence-electron chi connectivity index (χ4n) is 2.97. The van der Waals surface area contributed by atoms with Crippen LogP contribution in [0.2, 0.25) is 0 Å². The van der Waals surface area contributed by atoms with Gasteiger partial charge in [-0.2, -0.15) is 0 Å². The standard InChI is InChI=1S/C12H18N2O/c1-4-11-12(5-1)14(7-6-13-11)9-10-3-2-8-15-10/h2-3,8,11-13H,1,4-7,9H2/t11-,12+/m0/s1. The van der Waals surface area contributed by atoms with Gasteiger partial charge in [0.1, 0.15) is 5.76 Å². The molecule has 3 rings (SSSR count). The monoisotopic (exact) mass is 206 g/mol. The van der Waals surface area contributed by atoms with Crippen LogP contribution in [-0.4, -0.2) is 30.1 Å². The summed E-state index contributed by atoms with van der Waals surface area (Å²) in [5.74, 6) is 1.10. The molecule has 1 saturated heterocycles. The zero-order chi connectivity index (χ0) is 10.1. The van der Waals surface area contributed by atoms with E-state index in [9.17, 15) is 0 Å². The number of furan rings is 1. The van der Waals surface area contributed by atoms with Gasteiger partial charge in [-0.25, -0.2) is 0 Å². The lowest BCUT2D eigenvalue weighted by molar-refractivity contribution is 0.120. The minimum Gasteiger partial charge on any atom is -0.468 e. The summed E-state index contributed by atoms with van der Waals surface area (Å²) in [5.41, 5.74) is 0. The molecule has 1 aromatic heterocycles. The Morgan fingerprint density at radius 3 is 3.33 bits per heavy atom. The van der Waals surface area contributed by atoms with Gasteiger partial charge in [-0.1, -0.05) is 6.42 Å². The van der Waals surface area contributed by atoms with Crippen LogP contribution in [0.15, 0.2) is 22.8 Å². The van der Waals surface area contributed by atoms with Gasteiger partial charge in [-0.3, -0.25) is 4.90 Å². The molecule has 2 aliphatic rings. The van der Waals surface area contributed by atoms with Crippen molar-refractivity contribution in [3.8, 4) is 0 Å². The van der Waals surface area contributed by atoms with Gasteiger partial charge in [0.25, 0.3) is 0 Å². The number of fused-ring (bicyclic) bond motifs is 1. The Balaban J connectivity index is 1.69. The second kappa shape index (κ2) is 3.99. The Labute approximate surface area is 90.4 Å². The van der Waals surface area contributed by atoms with Crippen molar-refractivity contribution in [1.29, 1.82) is 0 Å². The molecule has 82 valence electrons. The van der Waals surface area contributed by atoms with Crippen molar-refractivity contribution < 1.29 is 4.42 Å². The molecule has 1 saturated carbocycles.